The maximum atomic E-state index is 12.4. The van der Waals surface area contributed by atoms with Gasteiger partial charge in [-0.3, -0.25) is 14.4 Å². The summed E-state index contributed by atoms with van der Waals surface area (Å²) in [5.74, 6) is 1.67. The number of pyridine rings is 2. The zero-order valence-electron chi connectivity index (χ0n) is 22.0. The molecule has 0 radical (unpaired) electrons. The number of fused-ring (bicyclic) bond motifs is 1. The van der Waals surface area contributed by atoms with E-state index in [2.05, 4.69) is 43.8 Å². The molecule has 11 heteroatoms. The lowest BCUT2D eigenvalue weighted by atomic mass is 9.96. The zero-order valence-corrected chi connectivity index (χ0v) is 22.0. The first-order valence-corrected chi connectivity index (χ1v) is 12.5. The Morgan fingerprint density at radius 1 is 1.21 bits per heavy atom. The van der Waals surface area contributed by atoms with Crippen molar-refractivity contribution in [2.75, 3.05) is 32.1 Å². The summed E-state index contributed by atoms with van der Waals surface area (Å²) in [6.07, 6.45) is 6.31. The molecular formula is C27H31N9O2. The molecule has 11 nitrogen and oxygen atoms in total. The van der Waals surface area contributed by atoms with Crippen molar-refractivity contribution in [2.24, 2.45) is 12.5 Å². The van der Waals surface area contributed by atoms with E-state index in [1.165, 1.54) is 6.20 Å². The minimum absolute atomic E-state index is 0.260. The predicted molar refractivity (Wildman–Crippen MR) is 143 cm³/mol. The van der Waals surface area contributed by atoms with Crippen LogP contribution in [-0.4, -0.2) is 68.0 Å². The topological polar surface area (TPSA) is 125 Å². The van der Waals surface area contributed by atoms with Gasteiger partial charge in [-0.1, -0.05) is 0 Å². The number of hydrogen-bond acceptors (Lipinski definition) is 8. The van der Waals surface area contributed by atoms with Gasteiger partial charge in [0.1, 0.15) is 18.1 Å². The van der Waals surface area contributed by atoms with E-state index in [0.717, 1.165) is 35.5 Å². The summed E-state index contributed by atoms with van der Waals surface area (Å²) in [6.45, 7) is 5.56. The smallest absolute Gasteiger partial charge is 0.252 e. The number of hydrogen-bond donors (Lipinski definition) is 2. The second-order valence-electron chi connectivity index (χ2n) is 10.3. The van der Waals surface area contributed by atoms with Crippen LogP contribution in [0.2, 0.25) is 0 Å². The fourth-order valence-corrected chi connectivity index (χ4v) is 4.20. The summed E-state index contributed by atoms with van der Waals surface area (Å²) in [6, 6.07) is 12.0. The van der Waals surface area contributed by atoms with Crippen molar-refractivity contribution in [1.82, 2.24) is 34.6 Å². The molecule has 2 N–H and O–H groups in total. The average molecular weight is 514 g/mol. The monoisotopic (exact) mass is 513 g/mol. The summed E-state index contributed by atoms with van der Waals surface area (Å²) in [4.78, 5) is 19.0. The molecule has 0 aromatic carbocycles. The number of anilines is 2. The largest absolute Gasteiger partial charge is 0.488 e. The van der Waals surface area contributed by atoms with Gasteiger partial charge in [0.25, 0.3) is 5.91 Å². The second kappa shape index (κ2) is 10.1. The first-order chi connectivity index (χ1) is 18.2. The van der Waals surface area contributed by atoms with Gasteiger partial charge in [0.15, 0.2) is 11.6 Å². The van der Waals surface area contributed by atoms with Gasteiger partial charge in [0.2, 0.25) is 0 Å². The molecule has 1 amide bonds. The molecule has 4 aromatic rings. The molecule has 38 heavy (non-hydrogen) atoms. The molecule has 5 rings (SSSR count). The molecule has 1 atom stereocenters. The SMILES string of the molecule is CN1CCC1COc1cnn(C)c1-c1ccn2nc(Nc3ccc(C(=O)NCC(C)(C)C#N)cn3)cc2c1. The van der Waals surface area contributed by atoms with Crippen LogP contribution in [0.3, 0.4) is 0 Å². The van der Waals surface area contributed by atoms with Crippen LogP contribution in [0, 0.1) is 16.7 Å². The number of nitriles is 1. The van der Waals surface area contributed by atoms with Crippen molar-refractivity contribution in [3.05, 3.63) is 54.5 Å². The fraction of sp³-hybridized carbons (Fsp3) is 0.370. The molecular weight excluding hydrogens is 482 g/mol. The summed E-state index contributed by atoms with van der Waals surface area (Å²) in [5, 5.41) is 24.1. The average Bonchev–Trinajstić information content (AvgIpc) is 3.48. The number of carbonyl (C=O) groups excluding carboxylic acids is 1. The molecule has 0 aliphatic carbocycles. The molecule has 5 heterocycles. The minimum Gasteiger partial charge on any atom is -0.488 e. The summed E-state index contributed by atoms with van der Waals surface area (Å²) in [5.41, 5.74) is 2.58. The van der Waals surface area contributed by atoms with E-state index in [4.69, 9.17) is 10.00 Å². The lowest BCUT2D eigenvalue weighted by Crippen LogP contribution is -2.48. The molecule has 1 aliphatic rings. The van der Waals surface area contributed by atoms with E-state index in [-0.39, 0.29) is 12.5 Å². The van der Waals surface area contributed by atoms with Crippen molar-refractivity contribution in [3.63, 3.8) is 0 Å². The maximum absolute atomic E-state index is 12.4. The molecule has 1 fully saturated rings. The van der Waals surface area contributed by atoms with Crippen molar-refractivity contribution in [1.29, 1.82) is 5.26 Å². The number of amides is 1. The van der Waals surface area contributed by atoms with Crippen molar-refractivity contribution in [3.8, 4) is 23.1 Å². The van der Waals surface area contributed by atoms with Crippen molar-refractivity contribution >= 4 is 23.1 Å². The number of nitrogens with one attached hydrogen (secondary N) is 2. The first kappa shape index (κ1) is 25.2. The number of ether oxygens (including phenoxy) is 1. The Balaban J connectivity index is 1.27. The van der Waals surface area contributed by atoms with Crippen LogP contribution in [0.25, 0.3) is 16.8 Å². The van der Waals surface area contributed by atoms with Gasteiger partial charge in [0, 0.05) is 43.7 Å². The number of likely N-dealkylation sites (N-methyl/N-ethyl adjacent to an activating group) is 1. The van der Waals surface area contributed by atoms with Gasteiger partial charge in [-0.05, 0) is 58.1 Å². The number of aromatic nitrogens is 5. The lowest BCUT2D eigenvalue weighted by Gasteiger charge is -2.37. The Hall–Kier alpha value is -4.43. The molecule has 1 aliphatic heterocycles. The van der Waals surface area contributed by atoms with Crippen LogP contribution >= 0.6 is 0 Å². The second-order valence-corrected chi connectivity index (χ2v) is 10.3. The van der Waals surface area contributed by atoms with Crippen LogP contribution in [-0.2, 0) is 7.05 Å². The van der Waals surface area contributed by atoms with Crippen LogP contribution < -0.4 is 15.4 Å². The van der Waals surface area contributed by atoms with E-state index in [1.807, 2.05) is 36.1 Å². The van der Waals surface area contributed by atoms with E-state index < -0.39 is 5.41 Å². The number of aryl methyl sites for hydroxylation is 1. The highest BCUT2D eigenvalue weighted by atomic mass is 16.5. The van der Waals surface area contributed by atoms with Gasteiger partial charge < -0.3 is 15.4 Å². The molecule has 1 unspecified atom stereocenters. The number of carbonyl (C=O) groups is 1. The lowest BCUT2D eigenvalue weighted by molar-refractivity contribution is 0.0771. The third kappa shape index (κ3) is 5.31. The molecule has 1 saturated heterocycles. The molecule has 0 bridgehead atoms. The Labute approximate surface area is 221 Å². The molecule has 196 valence electrons. The fourth-order valence-electron chi connectivity index (χ4n) is 4.20. The third-order valence-electron chi connectivity index (χ3n) is 6.79. The van der Waals surface area contributed by atoms with E-state index >= 15 is 0 Å². The normalized spacial score (nSPS) is 15.6. The van der Waals surface area contributed by atoms with Gasteiger partial charge in [0.05, 0.1) is 28.8 Å². The highest BCUT2D eigenvalue weighted by Gasteiger charge is 2.25. The van der Waals surface area contributed by atoms with Crippen LogP contribution in [0.1, 0.15) is 30.6 Å². The van der Waals surface area contributed by atoms with Gasteiger partial charge >= 0.3 is 0 Å². The van der Waals surface area contributed by atoms with Gasteiger partial charge in [-0.25, -0.2) is 9.50 Å². The Bertz CT molecular complexity index is 1500. The Morgan fingerprint density at radius 2 is 2.05 bits per heavy atom. The highest BCUT2D eigenvalue weighted by molar-refractivity contribution is 5.94. The van der Waals surface area contributed by atoms with Gasteiger partial charge in [-0.2, -0.15) is 15.5 Å². The number of likely N-dealkylation sites (tertiary alicyclic amines) is 1. The van der Waals surface area contributed by atoms with E-state index in [9.17, 15) is 4.79 Å². The minimum atomic E-state index is -0.633. The quantitative estimate of drug-likeness (QED) is 0.349. The Kier molecular flexibility index (Phi) is 6.73. The number of rotatable bonds is 9. The van der Waals surface area contributed by atoms with Crippen molar-refractivity contribution < 1.29 is 9.53 Å². The molecule has 0 spiro atoms. The van der Waals surface area contributed by atoms with E-state index in [0.29, 0.717) is 29.8 Å². The standard InChI is InChI=1S/C27H31N9O2/c1-27(2,16-28)17-30-26(37)19-5-6-23(29-13-19)32-24-12-21-11-18(7-10-36(21)33-24)25-22(14-31-35(25)4)38-15-20-8-9-34(20)3/h5-7,10-14,20H,8-9,15,17H2,1-4H3,(H,30,37)(H,29,32,33). The molecule has 4 aromatic heterocycles. The highest BCUT2D eigenvalue weighted by Crippen LogP contribution is 2.31. The third-order valence-corrected chi connectivity index (χ3v) is 6.79. The zero-order chi connectivity index (χ0) is 26.9. The summed E-state index contributed by atoms with van der Waals surface area (Å²) < 4.78 is 9.74. The van der Waals surface area contributed by atoms with Crippen LogP contribution in [0.4, 0.5) is 11.6 Å². The predicted octanol–water partition coefficient (Wildman–Crippen LogP) is 3.24. The number of nitrogens with zero attached hydrogens (tertiary/aromatic N) is 7. The molecule has 0 saturated carbocycles. The van der Waals surface area contributed by atoms with Gasteiger partial charge in [-0.15, -0.1) is 0 Å². The first-order valence-electron chi connectivity index (χ1n) is 12.5. The summed E-state index contributed by atoms with van der Waals surface area (Å²) in [7, 11) is 4.02. The summed E-state index contributed by atoms with van der Waals surface area (Å²) >= 11 is 0. The van der Waals surface area contributed by atoms with Crippen LogP contribution in [0.15, 0.2) is 48.9 Å². The van der Waals surface area contributed by atoms with E-state index in [1.54, 1.807) is 36.7 Å². The Morgan fingerprint density at radius 3 is 2.74 bits per heavy atom. The maximum Gasteiger partial charge on any atom is 0.252 e. The van der Waals surface area contributed by atoms with Crippen LogP contribution in [0.5, 0.6) is 5.75 Å². The van der Waals surface area contributed by atoms with Crippen molar-refractivity contribution in [2.45, 2.75) is 26.3 Å².